The predicted octanol–water partition coefficient (Wildman–Crippen LogP) is 2.66. The average molecular weight is 324 g/mol. The van der Waals surface area contributed by atoms with Crippen molar-refractivity contribution in [2.24, 2.45) is 0 Å². The number of carbonyl (C=O) groups is 1. The third-order valence-corrected chi connectivity index (χ3v) is 6.48. The largest absolute Gasteiger partial charge is 0.493 e. The number of hydrogen-bond donors (Lipinski definition) is 2. The summed E-state index contributed by atoms with van der Waals surface area (Å²) < 4.78 is 5.61. The SMILES string of the molecule is O=C(NC[C@H]1CSCCS1)N[C@@H]1CCOc2ccccc21. The minimum absolute atomic E-state index is 0.0448. The molecule has 0 unspecified atom stereocenters. The number of benzene rings is 1. The molecule has 0 spiro atoms. The number of nitrogens with one attached hydrogen (secondary N) is 2. The smallest absolute Gasteiger partial charge is 0.315 e. The second kappa shape index (κ2) is 7.31. The van der Waals surface area contributed by atoms with Crippen molar-refractivity contribution in [3.8, 4) is 5.75 Å². The van der Waals surface area contributed by atoms with Crippen molar-refractivity contribution in [1.82, 2.24) is 10.6 Å². The highest BCUT2D eigenvalue weighted by atomic mass is 32.2. The van der Waals surface area contributed by atoms with Crippen LogP contribution in [-0.4, -0.2) is 41.7 Å². The van der Waals surface area contributed by atoms with Crippen LogP contribution in [0, 0.1) is 0 Å². The van der Waals surface area contributed by atoms with E-state index in [1.54, 1.807) is 0 Å². The molecule has 2 amide bonds. The van der Waals surface area contributed by atoms with Crippen LogP contribution in [0.25, 0.3) is 0 Å². The van der Waals surface area contributed by atoms with E-state index >= 15 is 0 Å². The molecule has 2 aliphatic heterocycles. The quantitative estimate of drug-likeness (QED) is 0.897. The maximum Gasteiger partial charge on any atom is 0.315 e. The lowest BCUT2D eigenvalue weighted by atomic mass is 10.0. The fourth-order valence-electron chi connectivity index (χ4n) is 2.56. The standard InChI is InChI=1S/C15H20N2O2S2/c18-15(16-9-11-10-20-7-8-21-11)17-13-5-6-19-14-4-2-1-3-12(13)14/h1-4,11,13H,5-10H2,(H2,16,17,18)/t11-,13+/m0/s1. The molecule has 0 saturated carbocycles. The molecule has 2 atom stereocenters. The van der Waals surface area contributed by atoms with E-state index in [0.717, 1.165) is 30.0 Å². The van der Waals surface area contributed by atoms with Crippen molar-refractivity contribution in [2.45, 2.75) is 17.7 Å². The van der Waals surface area contributed by atoms with Gasteiger partial charge in [0.05, 0.1) is 12.6 Å². The summed E-state index contributed by atoms with van der Waals surface area (Å²) in [4.78, 5) is 12.1. The molecule has 0 aromatic heterocycles. The number of amides is 2. The number of thioether (sulfide) groups is 2. The number of hydrogen-bond acceptors (Lipinski definition) is 4. The molecule has 1 aromatic carbocycles. The Labute approximate surface area is 133 Å². The van der Waals surface area contributed by atoms with Crippen molar-refractivity contribution in [1.29, 1.82) is 0 Å². The first-order valence-electron chi connectivity index (χ1n) is 7.28. The van der Waals surface area contributed by atoms with Crippen LogP contribution in [0.1, 0.15) is 18.0 Å². The fraction of sp³-hybridized carbons (Fsp3) is 0.533. The van der Waals surface area contributed by atoms with E-state index < -0.39 is 0 Å². The van der Waals surface area contributed by atoms with Gasteiger partial charge in [-0.1, -0.05) is 18.2 Å². The van der Waals surface area contributed by atoms with E-state index in [9.17, 15) is 4.79 Å². The second-order valence-corrected chi connectivity index (χ2v) is 7.71. The first kappa shape index (κ1) is 14.9. The summed E-state index contributed by atoms with van der Waals surface area (Å²) in [5.41, 5.74) is 1.07. The monoisotopic (exact) mass is 324 g/mol. The topological polar surface area (TPSA) is 50.4 Å². The van der Waals surface area contributed by atoms with Gasteiger partial charge in [0, 0.05) is 41.0 Å². The van der Waals surface area contributed by atoms with Crippen LogP contribution in [0.3, 0.4) is 0 Å². The number of carbonyl (C=O) groups excluding carboxylic acids is 1. The zero-order valence-corrected chi connectivity index (χ0v) is 13.5. The molecule has 1 saturated heterocycles. The lowest BCUT2D eigenvalue weighted by Crippen LogP contribution is -2.42. The minimum atomic E-state index is -0.0760. The van der Waals surface area contributed by atoms with Crippen molar-refractivity contribution in [2.75, 3.05) is 30.4 Å². The van der Waals surface area contributed by atoms with Gasteiger partial charge in [-0.05, 0) is 6.07 Å². The van der Waals surface area contributed by atoms with E-state index in [1.165, 1.54) is 11.5 Å². The first-order chi connectivity index (χ1) is 10.3. The number of para-hydroxylation sites is 1. The molecule has 2 aliphatic rings. The molecular formula is C15H20N2O2S2. The van der Waals surface area contributed by atoms with E-state index in [2.05, 4.69) is 10.6 Å². The highest BCUT2D eigenvalue weighted by Gasteiger charge is 2.23. The normalized spacial score (nSPS) is 24.6. The number of rotatable bonds is 3. The van der Waals surface area contributed by atoms with Crippen molar-refractivity contribution < 1.29 is 9.53 Å². The third kappa shape index (κ3) is 4.01. The van der Waals surface area contributed by atoms with Gasteiger partial charge in [0.2, 0.25) is 0 Å². The van der Waals surface area contributed by atoms with Gasteiger partial charge in [-0.3, -0.25) is 0 Å². The van der Waals surface area contributed by atoms with Gasteiger partial charge in [-0.25, -0.2) is 4.79 Å². The Morgan fingerprint density at radius 3 is 3.10 bits per heavy atom. The Balaban J connectivity index is 1.51. The van der Waals surface area contributed by atoms with Gasteiger partial charge in [0.25, 0.3) is 0 Å². The zero-order valence-electron chi connectivity index (χ0n) is 11.8. The van der Waals surface area contributed by atoms with Crippen LogP contribution in [0.2, 0.25) is 0 Å². The van der Waals surface area contributed by atoms with E-state index in [-0.39, 0.29) is 12.1 Å². The van der Waals surface area contributed by atoms with Crippen LogP contribution < -0.4 is 15.4 Å². The van der Waals surface area contributed by atoms with Gasteiger partial charge < -0.3 is 15.4 Å². The molecule has 3 rings (SSSR count). The molecule has 2 heterocycles. The zero-order chi connectivity index (χ0) is 14.5. The van der Waals surface area contributed by atoms with E-state index in [0.29, 0.717) is 11.9 Å². The van der Waals surface area contributed by atoms with Crippen molar-refractivity contribution in [3.63, 3.8) is 0 Å². The summed E-state index contributed by atoms with van der Waals surface area (Å²) in [6.45, 7) is 1.39. The molecule has 1 fully saturated rings. The maximum absolute atomic E-state index is 12.1. The Bertz CT molecular complexity index is 492. The summed E-state index contributed by atoms with van der Waals surface area (Å²) in [5, 5.41) is 6.61. The second-order valence-electron chi connectivity index (χ2n) is 5.15. The molecule has 1 aromatic rings. The summed E-state index contributed by atoms with van der Waals surface area (Å²) in [6.07, 6.45) is 0.818. The average Bonchev–Trinajstić information content (AvgIpc) is 2.54. The predicted molar refractivity (Wildman–Crippen MR) is 89.4 cm³/mol. The molecule has 21 heavy (non-hydrogen) atoms. The van der Waals surface area contributed by atoms with Gasteiger partial charge in [-0.2, -0.15) is 23.5 Å². The fourth-order valence-corrected chi connectivity index (χ4v) is 5.17. The van der Waals surface area contributed by atoms with Crippen LogP contribution in [0.5, 0.6) is 5.75 Å². The molecule has 0 aliphatic carbocycles. The molecular weight excluding hydrogens is 304 g/mol. The Hall–Kier alpha value is -1.01. The third-order valence-electron chi connectivity index (χ3n) is 3.64. The highest BCUT2D eigenvalue weighted by Crippen LogP contribution is 2.31. The van der Waals surface area contributed by atoms with Crippen LogP contribution in [0.15, 0.2) is 24.3 Å². The minimum Gasteiger partial charge on any atom is -0.493 e. The Morgan fingerprint density at radius 1 is 1.33 bits per heavy atom. The lowest BCUT2D eigenvalue weighted by Gasteiger charge is -2.27. The number of fused-ring (bicyclic) bond motifs is 1. The lowest BCUT2D eigenvalue weighted by molar-refractivity contribution is 0.223. The van der Waals surface area contributed by atoms with E-state index in [4.69, 9.17) is 4.74 Å². The van der Waals surface area contributed by atoms with E-state index in [1.807, 2.05) is 47.8 Å². The van der Waals surface area contributed by atoms with Crippen molar-refractivity contribution >= 4 is 29.6 Å². The first-order valence-corrected chi connectivity index (χ1v) is 9.49. The van der Waals surface area contributed by atoms with Crippen LogP contribution in [-0.2, 0) is 0 Å². The van der Waals surface area contributed by atoms with Gasteiger partial charge in [-0.15, -0.1) is 0 Å². The molecule has 2 N–H and O–H groups in total. The Kier molecular flexibility index (Phi) is 5.19. The number of urea groups is 1. The van der Waals surface area contributed by atoms with Gasteiger partial charge in [0.15, 0.2) is 0 Å². The maximum atomic E-state index is 12.1. The summed E-state index contributed by atoms with van der Waals surface area (Å²) in [5.74, 6) is 4.43. The Morgan fingerprint density at radius 2 is 2.24 bits per heavy atom. The van der Waals surface area contributed by atoms with Crippen molar-refractivity contribution in [3.05, 3.63) is 29.8 Å². The summed E-state index contributed by atoms with van der Waals surface area (Å²) >= 11 is 3.93. The number of ether oxygens (including phenoxy) is 1. The van der Waals surface area contributed by atoms with Gasteiger partial charge >= 0.3 is 6.03 Å². The molecule has 0 bridgehead atoms. The molecule has 114 valence electrons. The molecule has 6 heteroatoms. The van der Waals surface area contributed by atoms with Crippen LogP contribution in [0.4, 0.5) is 4.79 Å². The highest BCUT2D eigenvalue weighted by molar-refractivity contribution is 8.06. The molecule has 4 nitrogen and oxygen atoms in total. The van der Waals surface area contributed by atoms with Gasteiger partial charge in [0.1, 0.15) is 5.75 Å². The molecule has 0 radical (unpaired) electrons. The van der Waals surface area contributed by atoms with Crippen LogP contribution >= 0.6 is 23.5 Å². The summed E-state index contributed by atoms with van der Waals surface area (Å²) in [7, 11) is 0. The summed E-state index contributed by atoms with van der Waals surface area (Å²) in [6, 6.07) is 7.88.